The van der Waals surface area contributed by atoms with Crippen LogP contribution in [0.2, 0.25) is 20.1 Å². The van der Waals surface area contributed by atoms with Crippen LogP contribution in [0.5, 0.6) is 0 Å². The number of halogens is 4. The summed E-state index contributed by atoms with van der Waals surface area (Å²) in [4.78, 5) is 27.5. The number of carbonyl (C=O) groups is 2. The second-order valence-electron chi connectivity index (χ2n) is 13.3. The number of benzene rings is 3. The maximum Gasteiger partial charge on any atom is 0.272 e. The number of allylic oxidation sites excluding steroid dienone is 5. The van der Waals surface area contributed by atoms with Crippen molar-refractivity contribution in [2.75, 3.05) is 13.1 Å². The van der Waals surface area contributed by atoms with Crippen molar-refractivity contribution in [3.63, 3.8) is 0 Å². The fraction of sp³-hybridized carbons (Fsp3) is 0.238. The molecule has 0 unspecified atom stereocenters. The van der Waals surface area contributed by atoms with Gasteiger partial charge in [0, 0.05) is 46.2 Å². The van der Waals surface area contributed by atoms with Gasteiger partial charge in [0.2, 0.25) is 0 Å². The van der Waals surface area contributed by atoms with Crippen LogP contribution in [0.3, 0.4) is 0 Å². The van der Waals surface area contributed by atoms with E-state index >= 15 is 0 Å². The molecule has 3 aromatic carbocycles. The van der Waals surface area contributed by atoms with Gasteiger partial charge in [-0.1, -0.05) is 107 Å². The molecule has 5 aromatic rings. The van der Waals surface area contributed by atoms with Gasteiger partial charge in [0.25, 0.3) is 11.8 Å². The van der Waals surface area contributed by atoms with Crippen LogP contribution in [-0.4, -0.2) is 44.5 Å². The van der Waals surface area contributed by atoms with Gasteiger partial charge in [0.05, 0.1) is 32.8 Å². The number of carbonyl (C=O) groups excluding carboxylic acids is 2. The Hall–Kier alpha value is -4.60. The quantitative estimate of drug-likeness (QED) is 0.153. The second kappa shape index (κ2) is 16.8. The summed E-state index contributed by atoms with van der Waals surface area (Å²) >= 11 is 25.7. The lowest BCUT2D eigenvalue weighted by Gasteiger charge is -2.12. The first-order chi connectivity index (χ1) is 26.2. The molecule has 0 saturated carbocycles. The molecule has 0 spiro atoms. The van der Waals surface area contributed by atoms with Crippen molar-refractivity contribution in [2.24, 2.45) is 0 Å². The molecule has 54 heavy (non-hydrogen) atoms. The number of fused-ring (bicyclic) bond motifs is 4. The standard InChI is InChI=1S/C42H38Cl4N6O2/c1-26-10-3-2-4-17-35-31(15-7-11-26)38(49-51(35)36-20-18-28(43)24-33(36)45)41(53)47-22-9-23-48-42(54)39-32-16-8-13-27-12-5-6-14-30(27)40(32)52(50-39)37-21-19-29(44)25-34(37)46/h2-6,10,12,14,18-21,24-25H,1,7-9,11,13,15-17,22-23H2,(H,47,53)(H,48,54)/b4-2-,10-3-. The summed E-state index contributed by atoms with van der Waals surface area (Å²) in [6.45, 7) is 4.80. The summed E-state index contributed by atoms with van der Waals surface area (Å²) in [5.41, 5.74) is 8.72. The van der Waals surface area contributed by atoms with E-state index in [0.29, 0.717) is 81.6 Å². The zero-order valence-electron chi connectivity index (χ0n) is 29.5. The summed E-state index contributed by atoms with van der Waals surface area (Å²) in [6.07, 6.45) is 13.7. The van der Waals surface area contributed by atoms with Gasteiger partial charge in [-0.15, -0.1) is 0 Å². The lowest BCUT2D eigenvalue weighted by molar-refractivity contribution is 0.0945. The van der Waals surface area contributed by atoms with Gasteiger partial charge < -0.3 is 10.6 Å². The Morgan fingerprint density at radius 1 is 0.722 bits per heavy atom. The summed E-state index contributed by atoms with van der Waals surface area (Å²) in [6, 6.07) is 18.7. The minimum absolute atomic E-state index is 0.284. The van der Waals surface area contributed by atoms with E-state index < -0.39 is 0 Å². The maximum absolute atomic E-state index is 13.8. The van der Waals surface area contributed by atoms with Crippen molar-refractivity contribution in [1.82, 2.24) is 30.2 Å². The highest BCUT2D eigenvalue weighted by Gasteiger charge is 2.29. The number of amides is 2. The predicted octanol–water partition coefficient (Wildman–Crippen LogP) is 9.92. The van der Waals surface area contributed by atoms with Crippen molar-refractivity contribution in [1.29, 1.82) is 0 Å². The zero-order chi connectivity index (χ0) is 37.8. The molecule has 0 aliphatic heterocycles. The number of hydrogen-bond donors (Lipinski definition) is 2. The minimum Gasteiger partial charge on any atom is -0.351 e. The molecule has 7 rings (SSSR count). The average Bonchev–Trinajstić information content (AvgIpc) is 3.61. The van der Waals surface area contributed by atoms with Gasteiger partial charge in [0.15, 0.2) is 11.4 Å². The second-order valence-corrected chi connectivity index (χ2v) is 15.0. The molecule has 0 atom stereocenters. The van der Waals surface area contributed by atoms with Crippen molar-refractivity contribution >= 4 is 58.2 Å². The fourth-order valence-corrected chi connectivity index (χ4v) is 8.05. The number of nitrogens with one attached hydrogen (secondary N) is 2. The molecule has 2 aromatic heterocycles. The molecule has 0 radical (unpaired) electrons. The van der Waals surface area contributed by atoms with Crippen LogP contribution < -0.4 is 10.6 Å². The first-order valence-corrected chi connectivity index (χ1v) is 19.5. The first-order valence-electron chi connectivity index (χ1n) is 18.0. The van der Waals surface area contributed by atoms with E-state index in [9.17, 15) is 9.59 Å². The number of aryl methyl sites for hydroxylation is 1. The number of nitrogens with zero attached hydrogens (tertiary/aromatic N) is 4. The molecule has 2 amide bonds. The summed E-state index contributed by atoms with van der Waals surface area (Å²) in [5.74, 6) is -0.576. The van der Waals surface area contributed by atoms with E-state index in [2.05, 4.69) is 29.3 Å². The lowest BCUT2D eigenvalue weighted by Crippen LogP contribution is -2.31. The van der Waals surface area contributed by atoms with Gasteiger partial charge >= 0.3 is 0 Å². The topological polar surface area (TPSA) is 93.8 Å². The highest BCUT2D eigenvalue weighted by Crippen LogP contribution is 2.38. The Morgan fingerprint density at radius 2 is 1.33 bits per heavy atom. The van der Waals surface area contributed by atoms with Crippen LogP contribution in [0.25, 0.3) is 22.6 Å². The minimum atomic E-state index is -0.292. The number of aromatic nitrogens is 4. The largest absolute Gasteiger partial charge is 0.351 e. The zero-order valence-corrected chi connectivity index (χ0v) is 32.5. The predicted molar refractivity (Wildman–Crippen MR) is 218 cm³/mol. The van der Waals surface area contributed by atoms with Gasteiger partial charge in [-0.25, -0.2) is 9.36 Å². The van der Waals surface area contributed by atoms with Gasteiger partial charge in [0.1, 0.15) is 0 Å². The summed E-state index contributed by atoms with van der Waals surface area (Å²) in [7, 11) is 0. The van der Waals surface area contributed by atoms with Crippen molar-refractivity contribution < 1.29 is 9.59 Å². The molecular formula is C42H38Cl4N6O2. The van der Waals surface area contributed by atoms with Crippen molar-refractivity contribution in [3.05, 3.63) is 151 Å². The SMILES string of the molecule is C=C1/C=C\C=C/Cc2c(c(C(=O)NCCCNC(=O)c3nn(-c4ccc(Cl)cc4Cl)c4c3CCCc3ccccc3-4)nn2-c2ccc(Cl)cc2Cl)CCC1. The third kappa shape index (κ3) is 8.08. The van der Waals surface area contributed by atoms with Gasteiger partial charge in [-0.2, -0.15) is 10.2 Å². The number of hydrogen-bond acceptors (Lipinski definition) is 4. The van der Waals surface area contributed by atoms with Gasteiger partial charge in [-0.3, -0.25) is 9.59 Å². The number of rotatable bonds is 8. The Balaban J connectivity index is 1.08. The summed E-state index contributed by atoms with van der Waals surface area (Å²) < 4.78 is 3.52. The van der Waals surface area contributed by atoms with Crippen molar-refractivity contribution in [3.8, 4) is 22.6 Å². The molecule has 2 aliphatic carbocycles. The maximum atomic E-state index is 13.8. The Bertz CT molecular complexity index is 2320. The van der Waals surface area contributed by atoms with E-state index in [1.807, 2.05) is 48.6 Å². The average molecular weight is 801 g/mol. The molecule has 8 nitrogen and oxygen atoms in total. The normalized spacial score (nSPS) is 15.2. The lowest BCUT2D eigenvalue weighted by atomic mass is 10.0. The van der Waals surface area contributed by atoms with E-state index in [0.717, 1.165) is 59.3 Å². The molecular weight excluding hydrogens is 762 g/mol. The Morgan fingerprint density at radius 3 is 2.04 bits per heavy atom. The van der Waals surface area contributed by atoms with E-state index in [1.54, 1.807) is 33.6 Å². The van der Waals surface area contributed by atoms with Crippen LogP contribution in [0.4, 0.5) is 0 Å². The molecule has 2 aliphatic rings. The molecule has 0 fully saturated rings. The molecule has 0 bridgehead atoms. The molecule has 2 N–H and O–H groups in total. The summed E-state index contributed by atoms with van der Waals surface area (Å²) in [5, 5.41) is 17.6. The molecule has 0 saturated heterocycles. The third-order valence-corrected chi connectivity index (χ3v) is 10.7. The van der Waals surface area contributed by atoms with Gasteiger partial charge in [-0.05, 0) is 86.9 Å². The molecule has 12 heteroatoms. The van der Waals surface area contributed by atoms with Crippen LogP contribution in [0.1, 0.15) is 69.0 Å². The first kappa shape index (κ1) is 37.7. The van der Waals surface area contributed by atoms with E-state index in [-0.39, 0.29) is 11.8 Å². The van der Waals surface area contributed by atoms with E-state index in [4.69, 9.17) is 56.6 Å². The molecule has 2 heterocycles. The monoisotopic (exact) mass is 798 g/mol. The van der Waals surface area contributed by atoms with Crippen LogP contribution in [0.15, 0.2) is 97.1 Å². The Labute approximate surface area is 334 Å². The Kier molecular flexibility index (Phi) is 11.7. The fourth-order valence-electron chi connectivity index (χ4n) is 7.08. The molecule has 276 valence electrons. The van der Waals surface area contributed by atoms with Crippen LogP contribution in [0, 0.1) is 0 Å². The van der Waals surface area contributed by atoms with Crippen LogP contribution in [-0.2, 0) is 25.7 Å². The third-order valence-electron chi connectivity index (χ3n) is 9.66. The highest BCUT2D eigenvalue weighted by atomic mass is 35.5. The van der Waals surface area contributed by atoms with Crippen molar-refractivity contribution in [2.45, 2.75) is 51.4 Å². The smallest absolute Gasteiger partial charge is 0.272 e. The van der Waals surface area contributed by atoms with Crippen LogP contribution >= 0.6 is 46.4 Å². The highest BCUT2D eigenvalue weighted by molar-refractivity contribution is 6.36. The van der Waals surface area contributed by atoms with E-state index in [1.165, 1.54) is 5.56 Å².